The third-order valence-corrected chi connectivity index (χ3v) is 4.12. The quantitative estimate of drug-likeness (QED) is 0.671. The number of para-hydroxylation sites is 1. The van der Waals surface area contributed by atoms with Gasteiger partial charge in [0.15, 0.2) is 0 Å². The second-order valence-corrected chi connectivity index (χ2v) is 5.75. The number of carbonyl (C=O) groups is 4. The number of fused-ring (bicyclic) bond motifs is 1. The van der Waals surface area contributed by atoms with Crippen molar-refractivity contribution in [2.24, 2.45) is 0 Å². The lowest BCUT2D eigenvalue weighted by Crippen LogP contribution is -2.24. The summed E-state index contributed by atoms with van der Waals surface area (Å²) in [4.78, 5) is 48.7. The third-order valence-electron chi connectivity index (χ3n) is 4.12. The number of rotatable bonds is 5. The molecule has 2 aromatic carbocycles. The predicted molar refractivity (Wildman–Crippen MR) is 91.6 cm³/mol. The number of aldehydes is 1. The Bertz CT molecular complexity index is 874. The van der Waals surface area contributed by atoms with E-state index in [1.54, 1.807) is 30.3 Å². The Labute approximate surface area is 144 Å². The summed E-state index contributed by atoms with van der Waals surface area (Å²) in [6, 6.07) is 11.9. The van der Waals surface area contributed by atoms with Crippen LogP contribution < -0.4 is 5.32 Å². The molecule has 0 spiro atoms. The Morgan fingerprint density at radius 3 is 2.36 bits per heavy atom. The summed E-state index contributed by atoms with van der Waals surface area (Å²) >= 11 is 0. The lowest BCUT2D eigenvalue weighted by Gasteiger charge is -2.11. The molecule has 0 atom stereocenters. The zero-order valence-corrected chi connectivity index (χ0v) is 13.6. The van der Waals surface area contributed by atoms with Crippen molar-refractivity contribution in [2.75, 3.05) is 12.4 Å². The van der Waals surface area contributed by atoms with Crippen LogP contribution in [0.5, 0.6) is 0 Å². The van der Waals surface area contributed by atoms with Crippen molar-refractivity contribution in [3.63, 3.8) is 0 Å². The fourth-order valence-electron chi connectivity index (χ4n) is 2.80. The number of carbonyl (C=O) groups excluding carboxylic acids is 4. The zero-order chi connectivity index (χ0) is 18.0. The largest absolute Gasteiger partial charge is 0.322 e. The van der Waals surface area contributed by atoms with E-state index in [1.165, 1.54) is 13.1 Å². The van der Waals surface area contributed by atoms with Gasteiger partial charge < -0.3 is 10.1 Å². The van der Waals surface area contributed by atoms with Gasteiger partial charge in [-0.05, 0) is 36.2 Å². The van der Waals surface area contributed by atoms with Crippen LogP contribution in [0.1, 0.15) is 43.1 Å². The molecule has 0 fully saturated rings. The lowest BCUT2D eigenvalue weighted by atomic mass is 9.96. The van der Waals surface area contributed by atoms with E-state index in [4.69, 9.17) is 0 Å². The van der Waals surface area contributed by atoms with Crippen LogP contribution in [0.3, 0.4) is 0 Å². The SMILES string of the molecule is CN1C(=O)c2cc(CCC=O)c(C(=O)Nc3ccccc3)cc2C1=O. The number of aryl methyl sites for hydroxylation is 1. The van der Waals surface area contributed by atoms with Crippen molar-refractivity contribution in [2.45, 2.75) is 12.8 Å². The van der Waals surface area contributed by atoms with Gasteiger partial charge in [-0.3, -0.25) is 19.3 Å². The van der Waals surface area contributed by atoms with Crippen LogP contribution in [-0.2, 0) is 11.2 Å². The van der Waals surface area contributed by atoms with E-state index in [2.05, 4.69) is 5.32 Å². The van der Waals surface area contributed by atoms with Crippen molar-refractivity contribution in [1.29, 1.82) is 0 Å². The first-order valence-electron chi connectivity index (χ1n) is 7.82. The maximum Gasteiger partial charge on any atom is 0.261 e. The van der Waals surface area contributed by atoms with Crippen LogP contribution >= 0.6 is 0 Å². The summed E-state index contributed by atoms with van der Waals surface area (Å²) in [5.41, 5.74) is 1.95. The van der Waals surface area contributed by atoms with Gasteiger partial charge in [0.05, 0.1) is 11.1 Å². The highest BCUT2D eigenvalue weighted by Gasteiger charge is 2.34. The number of hydrogen-bond acceptors (Lipinski definition) is 4. The van der Waals surface area contributed by atoms with Gasteiger partial charge in [0.2, 0.25) is 0 Å². The van der Waals surface area contributed by atoms with Crippen LogP contribution in [0.25, 0.3) is 0 Å². The molecule has 0 radical (unpaired) electrons. The second-order valence-electron chi connectivity index (χ2n) is 5.75. The molecule has 25 heavy (non-hydrogen) atoms. The van der Waals surface area contributed by atoms with Crippen LogP contribution in [0.15, 0.2) is 42.5 Å². The van der Waals surface area contributed by atoms with Gasteiger partial charge in [0, 0.05) is 24.7 Å². The molecule has 3 amide bonds. The van der Waals surface area contributed by atoms with Crippen LogP contribution in [0.2, 0.25) is 0 Å². The molecule has 6 heteroatoms. The van der Waals surface area contributed by atoms with Gasteiger partial charge in [-0.25, -0.2) is 0 Å². The molecule has 0 bridgehead atoms. The Hall–Kier alpha value is -3.28. The van der Waals surface area contributed by atoms with Gasteiger partial charge in [0.1, 0.15) is 6.29 Å². The Kier molecular flexibility index (Phi) is 4.43. The summed E-state index contributed by atoms with van der Waals surface area (Å²) in [5, 5.41) is 2.77. The average Bonchev–Trinajstić information content (AvgIpc) is 2.84. The highest BCUT2D eigenvalue weighted by molar-refractivity contribution is 6.22. The predicted octanol–water partition coefficient (Wildman–Crippen LogP) is 2.30. The Morgan fingerprint density at radius 2 is 1.72 bits per heavy atom. The molecule has 0 aliphatic carbocycles. The van der Waals surface area contributed by atoms with E-state index in [0.717, 1.165) is 11.2 Å². The second kappa shape index (κ2) is 6.68. The number of anilines is 1. The summed E-state index contributed by atoms with van der Waals surface area (Å²) in [5.74, 6) is -1.22. The van der Waals surface area contributed by atoms with Gasteiger partial charge in [-0.1, -0.05) is 18.2 Å². The topological polar surface area (TPSA) is 83.6 Å². The maximum absolute atomic E-state index is 12.7. The van der Waals surface area contributed by atoms with Crippen molar-refractivity contribution < 1.29 is 19.2 Å². The number of benzene rings is 2. The highest BCUT2D eigenvalue weighted by Crippen LogP contribution is 2.27. The molecule has 2 aromatic rings. The van der Waals surface area contributed by atoms with Crippen molar-refractivity contribution in [1.82, 2.24) is 4.90 Å². The molecule has 1 aliphatic rings. The summed E-state index contributed by atoms with van der Waals surface area (Å²) in [7, 11) is 1.40. The van der Waals surface area contributed by atoms with Gasteiger partial charge in [-0.15, -0.1) is 0 Å². The molecule has 1 heterocycles. The van der Waals surface area contributed by atoms with Crippen molar-refractivity contribution in [3.8, 4) is 0 Å². The van der Waals surface area contributed by atoms with E-state index in [9.17, 15) is 19.2 Å². The molecule has 126 valence electrons. The van der Waals surface area contributed by atoms with E-state index in [0.29, 0.717) is 23.2 Å². The van der Waals surface area contributed by atoms with Crippen LogP contribution in [-0.4, -0.2) is 36.0 Å². The number of imide groups is 1. The van der Waals surface area contributed by atoms with Gasteiger partial charge >= 0.3 is 0 Å². The fraction of sp³-hybridized carbons (Fsp3) is 0.158. The van der Waals surface area contributed by atoms with Crippen molar-refractivity contribution >= 4 is 29.7 Å². The number of amides is 3. The lowest BCUT2D eigenvalue weighted by molar-refractivity contribution is -0.107. The minimum absolute atomic E-state index is 0.209. The van der Waals surface area contributed by atoms with Gasteiger partial charge in [0.25, 0.3) is 17.7 Å². The Balaban J connectivity index is 2.02. The summed E-state index contributed by atoms with van der Waals surface area (Å²) < 4.78 is 0. The third kappa shape index (κ3) is 3.06. The molecule has 3 rings (SSSR count). The molecular formula is C19H16N2O4. The number of hydrogen-bond donors (Lipinski definition) is 1. The molecule has 6 nitrogen and oxygen atoms in total. The first-order chi connectivity index (χ1) is 12.0. The number of nitrogens with one attached hydrogen (secondary N) is 1. The number of nitrogens with zero attached hydrogens (tertiary/aromatic N) is 1. The summed E-state index contributed by atoms with van der Waals surface area (Å²) in [6.45, 7) is 0. The maximum atomic E-state index is 12.7. The first-order valence-corrected chi connectivity index (χ1v) is 7.82. The zero-order valence-electron chi connectivity index (χ0n) is 13.6. The monoisotopic (exact) mass is 336 g/mol. The van der Waals surface area contributed by atoms with Crippen molar-refractivity contribution in [3.05, 3.63) is 64.7 Å². The van der Waals surface area contributed by atoms with E-state index < -0.39 is 11.8 Å². The molecule has 0 saturated carbocycles. The van der Waals surface area contributed by atoms with Crippen LogP contribution in [0.4, 0.5) is 5.69 Å². The normalized spacial score (nSPS) is 12.9. The molecule has 0 saturated heterocycles. The van der Waals surface area contributed by atoms with Gasteiger partial charge in [-0.2, -0.15) is 0 Å². The molecule has 1 aliphatic heterocycles. The van der Waals surface area contributed by atoms with E-state index in [-0.39, 0.29) is 23.5 Å². The molecule has 0 unspecified atom stereocenters. The highest BCUT2D eigenvalue weighted by atomic mass is 16.2. The molecular weight excluding hydrogens is 320 g/mol. The first kappa shape index (κ1) is 16.6. The smallest absolute Gasteiger partial charge is 0.261 e. The molecule has 1 N–H and O–H groups in total. The summed E-state index contributed by atoms with van der Waals surface area (Å²) in [6.07, 6.45) is 1.30. The minimum Gasteiger partial charge on any atom is -0.322 e. The standard InChI is InChI=1S/C19H16N2O4/c1-21-18(24)15-10-12(6-5-9-22)14(11-16(15)19(21)25)17(23)20-13-7-3-2-4-8-13/h2-4,7-11H,5-6H2,1H3,(H,20,23). The molecule has 0 aromatic heterocycles. The van der Waals surface area contributed by atoms with E-state index >= 15 is 0 Å². The van der Waals surface area contributed by atoms with E-state index in [1.807, 2.05) is 6.07 Å². The average molecular weight is 336 g/mol. The fourth-order valence-corrected chi connectivity index (χ4v) is 2.80. The van der Waals surface area contributed by atoms with Crippen LogP contribution in [0, 0.1) is 0 Å². The Morgan fingerprint density at radius 1 is 1.08 bits per heavy atom. The minimum atomic E-state index is -0.435.